The molecular formula is C11H23N3O. The second-order valence-corrected chi connectivity index (χ2v) is 4.29. The predicted molar refractivity (Wildman–Crippen MR) is 61.1 cm³/mol. The lowest BCUT2D eigenvalue weighted by Crippen LogP contribution is -2.42. The standard InChI is InChI=1S/C11H23N3O/c1-2-5-10-6-3-4-8-14(10)9-7-11(15)13-12/h10H,2-9,12H2,1H3,(H,13,15). The average molecular weight is 213 g/mol. The van der Waals surface area contributed by atoms with Gasteiger partial charge in [0.05, 0.1) is 0 Å². The molecule has 15 heavy (non-hydrogen) atoms. The van der Waals surface area contributed by atoms with Crippen LogP contribution < -0.4 is 11.3 Å². The second-order valence-electron chi connectivity index (χ2n) is 4.29. The van der Waals surface area contributed by atoms with Crippen molar-refractivity contribution in [1.82, 2.24) is 10.3 Å². The fraction of sp³-hybridized carbons (Fsp3) is 0.909. The zero-order valence-electron chi connectivity index (χ0n) is 9.67. The first kappa shape index (κ1) is 12.5. The molecule has 0 saturated carbocycles. The van der Waals surface area contributed by atoms with Crippen molar-refractivity contribution in [2.45, 2.75) is 51.5 Å². The second kappa shape index (κ2) is 6.80. The molecule has 0 radical (unpaired) electrons. The van der Waals surface area contributed by atoms with Gasteiger partial charge in [0.2, 0.25) is 5.91 Å². The summed E-state index contributed by atoms with van der Waals surface area (Å²) in [5.74, 6) is 5.00. The summed E-state index contributed by atoms with van der Waals surface area (Å²) in [7, 11) is 0. The molecule has 0 spiro atoms. The molecule has 1 heterocycles. The highest BCUT2D eigenvalue weighted by Gasteiger charge is 2.21. The Labute approximate surface area is 92.2 Å². The largest absolute Gasteiger partial charge is 0.300 e. The van der Waals surface area contributed by atoms with E-state index in [0.717, 1.165) is 13.1 Å². The van der Waals surface area contributed by atoms with Crippen molar-refractivity contribution in [3.63, 3.8) is 0 Å². The third-order valence-electron chi connectivity index (χ3n) is 3.16. The monoisotopic (exact) mass is 213 g/mol. The molecule has 1 saturated heterocycles. The van der Waals surface area contributed by atoms with Crippen LogP contribution in [0.15, 0.2) is 0 Å². The van der Waals surface area contributed by atoms with Crippen molar-refractivity contribution in [3.05, 3.63) is 0 Å². The molecule has 4 heteroatoms. The Hall–Kier alpha value is -0.610. The maximum absolute atomic E-state index is 11.1. The molecule has 1 atom stereocenters. The number of piperidine rings is 1. The SMILES string of the molecule is CCCC1CCCCN1CCC(=O)NN. The summed E-state index contributed by atoms with van der Waals surface area (Å²) in [6, 6.07) is 0.689. The number of carbonyl (C=O) groups excluding carboxylic acids is 1. The number of nitrogens with zero attached hydrogens (tertiary/aromatic N) is 1. The van der Waals surface area contributed by atoms with E-state index in [4.69, 9.17) is 5.84 Å². The highest BCUT2D eigenvalue weighted by molar-refractivity contribution is 5.75. The van der Waals surface area contributed by atoms with E-state index in [2.05, 4.69) is 17.2 Å². The van der Waals surface area contributed by atoms with Gasteiger partial charge >= 0.3 is 0 Å². The molecule has 0 aromatic rings. The van der Waals surface area contributed by atoms with Crippen LogP contribution in [0, 0.1) is 0 Å². The summed E-state index contributed by atoms with van der Waals surface area (Å²) in [6.07, 6.45) is 6.90. The van der Waals surface area contributed by atoms with Gasteiger partial charge in [-0.05, 0) is 25.8 Å². The Morgan fingerprint density at radius 2 is 2.33 bits per heavy atom. The summed E-state index contributed by atoms with van der Waals surface area (Å²) in [5.41, 5.74) is 2.19. The molecule has 3 N–H and O–H groups in total. The van der Waals surface area contributed by atoms with E-state index in [-0.39, 0.29) is 5.91 Å². The molecule has 4 nitrogen and oxygen atoms in total. The minimum absolute atomic E-state index is 0.0594. The van der Waals surface area contributed by atoms with Crippen LogP contribution >= 0.6 is 0 Å². The number of hydrogen-bond acceptors (Lipinski definition) is 3. The summed E-state index contributed by atoms with van der Waals surface area (Å²) < 4.78 is 0. The van der Waals surface area contributed by atoms with Crippen LogP contribution in [0.4, 0.5) is 0 Å². The maximum Gasteiger partial charge on any atom is 0.235 e. The molecule has 0 aromatic heterocycles. The Morgan fingerprint density at radius 1 is 1.53 bits per heavy atom. The molecule has 0 aliphatic carbocycles. The summed E-state index contributed by atoms with van der Waals surface area (Å²) >= 11 is 0. The number of carbonyl (C=O) groups is 1. The van der Waals surface area contributed by atoms with E-state index < -0.39 is 0 Å². The van der Waals surface area contributed by atoms with Crippen molar-refractivity contribution in [2.24, 2.45) is 5.84 Å². The van der Waals surface area contributed by atoms with Crippen LogP contribution in [0.25, 0.3) is 0 Å². The lowest BCUT2D eigenvalue weighted by Gasteiger charge is -2.35. The lowest BCUT2D eigenvalue weighted by atomic mass is 9.98. The van der Waals surface area contributed by atoms with Crippen molar-refractivity contribution >= 4 is 5.91 Å². The molecule has 1 amide bonds. The molecular weight excluding hydrogens is 190 g/mol. The number of amides is 1. The van der Waals surface area contributed by atoms with Gasteiger partial charge in [-0.3, -0.25) is 15.1 Å². The number of rotatable bonds is 5. The Bertz CT molecular complexity index is 194. The topological polar surface area (TPSA) is 58.4 Å². The summed E-state index contributed by atoms with van der Waals surface area (Å²) in [6.45, 7) is 4.22. The summed E-state index contributed by atoms with van der Waals surface area (Å²) in [5, 5.41) is 0. The van der Waals surface area contributed by atoms with Crippen LogP contribution in [0.3, 0.4) is 0 Å². The van der Waals surface area contributed by atoms with E-state index >= 15 is 0 Å². The van der Waals surface area contributed by atoms with Crippen molar-refractivity contribution in [1.29, 1.82) is 0 Å². The number of hydrogen-bond donors (Lipinski definition) is 2. The van der Waals surface area contributed by atoms with Gasteiger partial charge in [0.25, 0.3) is 0 Å². The van der Waals surface area contributed by atoms with Crippen molar-refractivity contribution in [2.75, 3.05) is 13.1 Å². The van der Waals surface area contributed by atoms with Crippen LogP contribution in [-0.4, -0.2) is 29.9 Å². The van der Waals surface area contributed by atoms with E-state index in [9.17, 15) is 4.79 Å². The predicted octanol–water partition coefficient (Wildman–Crippen LogP) is 1.02. The van der Waals surface area contributed by atoms with Gasteiger partial charge in [-0.15, -0.1) is 0 Å². The lowest BCUT2D eigenvalue weighted by molar-refractivity contribution is -0.121. The fourth-order valence-corrected chi connectivity index (χ4v) is 2.33. The van der Waals surface area contributed by atoms with Crippen molar-refractivity contribution < 1.29 is 4.79 Å². The smallest absolute Gasteiger partial charge is 0.235 e. The molecule has 1 rings (SSSR count). The van der Waals surface area contributed by atoms with Crippen LogP contribution in [0.1, 0.15) is 45.4 Å². The first-order valence-electron chi connectivity index (χ1n) is 6.01. The highest BCUT2D eigenvalue weighted by atomic mass is 16.2. The normalized spacial score (nSPS) is 22.7. The van der Waals surface area contributed by atoms with Gasteiger partial charge in [-0.25, -0.2) is 5.84 Å². The van der Waals surface area contributed by atoms with E-state index in [1.807, 2.05) is 0 Å². The number of hydrazine groups is 1. The van der Waals surface area contributed by atoms with Gasteiger partial charge in [-0.1, -0.05) is 19.8 Å². The van der Waals surface area contributed by atoms with Gasteiger partial charge < -0.3 is 0 Å². The molecule has 1 aliphatic rings. The Balaban J connectivity index is 2.32. The summed E-state index contributed by atoms with van der Waals surface area (Å²) in [4.78, 5) is 13.5. The molecule has 1 unspecified atom stereocenters. The minimum atomic E-state index is -0.0594. The average Bonchev–Trinajstić information content (AvgIpc) is 2.28. The molecule has 0 aromatic carbocycles. The van der Waals surface area contributed by atoms with Crippen molar-refractivity contribution in [3.8, 4) is 0 Å². The third-order valence-corrected chi connectivity index (χ3v) is 3.16. The zero-order chi connectivity index (χ0) is 11.1. The van der Waals surface area contributed by atoms with Crippen LogP contribution in [0.5, 0.6) is 0 Å². The van der Waals surface area contributed by atoms with Crippen LogP contribution in [-0.2, 0) is 4.79 Å². The number of nitrogens with one attached hydrogen (secondary N) is 1. The van der Waals surface area contributed by atoms with E-state index in [1.165, 1.54) is 32.1 Å². The molecule has 88 valence electrons. The van der Waals surface area contributed by atoms with E-state index in [1.54, 1.807) is 0 Å². The first-order chi connectivity index (χ1) is 7.27. The Kier molecular flexibility index (Phi) is 5.65. The molecule has 0 bridgehead atoms. The minimum Gasteiger partial charge on any atom is -0.300 e. The maximum atomic E-state index is 11.1. The van der Waals surface area contributed by atoms with Crippen LogP contribution in [0.2, 0.25) is 0 Å². The highest BCUT2D eigenvalue weighted by Crippen LogP contribution is 2.20. The van der Waals surface area contributed by atoms with Gasteiger partial charge in [0, 0.05) is 19.0 Å². The van der Waals surface area contributed by atoms with Gasteiger partial charge in [-0.2, -0.15) is 0 Å². The fourth-order valence-electron chi connectivity index (χ4n) is 2.33. The zero-order valence-corrected chi connectivity index (χ0v) is 9.67. The van der Waals surface area contributed by atoms with Gasteiger partial charge in [0.15, 0.2) is 0 Å². The molecule has 1 fully saturated rings. The first-order valence-corrected chi connectivity index (χ1v) is 6.01. The Morgan fingerprint density at radius 3 is 3.00 bits per heavy atom. The molecule has 1 aliphatic heterocycles. The number of likely N-dealkylation sites (tertiary alicyclic amines) is 1. The third kappa shape index (κ3) is 4.18. The quantitative estimate of drug-likeness (QED) is 0.407. The van der Waals surface area contributed by atoms with Gasteiger partial charge in [0.1, 0.15) is 0 Å². The number of nitrogens with two attached hydrogens (primary N) is 1. The van der Waals surface area contributed by atoms with E-state index in [0.29, 0.717) is 12.5 Å².